The predicted octanol–water partition coefficient (Wildman–Crippen LogP) is 3.98. The molecule has 0 N–H and O–H groups in total. The maximum absolute atomic E-state index is 14.4. The summed E-state index contributed by atoms with van der Waals surface area (Å²) in [7, 11) is -2.24. The molecule has 0 saturated heterocycles. The van der Waals surface area contributed by atoms with Crippen molar-refractivity contribution in [3.63, 3.8) is 0 Å². The van der Waals surface area contributed by atoms with Crippen molar-refractivity contribution in [1.29, 1.82) is 0 Å². The maximum atomic E-state index is 14.4. The Morgan fingerprint density at radius 1 is 0.654 bits per heavy atom. The lowest BCUT2D eigenvalue weighted by molar-refractivity contribution is 0.450. The topological polar surface area (TPSA) is 12.9 Å². The SMILES string of the molecule is Cc1cccc(P(c2ccc(F)c(F)c2F)c2ccc(F)c(F)c2F)n1. The quantitative estimate of drug-likeness (QED) is 0.378. The van der Waals surface area contributed by atoms with E-state index >= 15 is 0 Å². The first-order valence-electron chi connectivity index (χ1n) is 7.32. The number of aryl methyl sites for hydroxylation is 1. The molecule has 0 radical (unpaired) electrons. The van der Waals surface area contributed by atoms with Crippen LogP contribution in [0.15, 0.2) is 42.5 Å². The zero-order valence-corrected chi connectivity index (χ0v) is 14.1. The van der Waals surface area contributed by atoms with E-state index in [2.05, 4.69) is 4.98 Å². The summed E-state index contributed by atoms with van der Waals surface area (Å²) < 4.78 is 82.8. The first-order chi connectivity index (χ1) is 12.3. The van der Waals surface area contributed by atoms with E-state index in [1.807, 2.05) is 0 Å². The Morgan fingerprint density at radius 2 is 1.15 bits per heavy atom. The molecule has 134 valence electrons. The second-order valence-corrected chi connectivity index (χ2v) is 7.45. The normalized spacial score (nSPS) is 11.2. The lowest BCUT2D eigenvalue weighted by Gasteiger charge is -2.20. The smallest absolute Gasteiger partial charge is 0.195 e. The van der Waals surface area contributed by atoms with Crippen LogP contribution < -0.4 is 16.0 Å². The van der Waals surface area contributed by atoms with Crippen molar-refractivity contribution in [2.24, 2.45) is 0 Å². The molecule has 8 heteroatoms. The monoisotopic (exact) mass is 385 g/mol. The Morgan fingerprint density at radius 3 is 1.62 bits per heavy atom. The Hall–Kier alpha value is -2.40. The van der Waals surface area contributed by atoms with Gasteiger partial charge in [0.1, 0.15) is 0 Å². The highest BCUT2D eigenvalue weighted by Crippen LogP contribution is 2.35. The molecule has 0 aliphatic carbocycles. The van der Waals surface area contributed by atoms with Crippen molar-refractivity contribution in [1.82, 2.24) is 4.98 Å². The minimum absolute atomic E-state index is 0.134. The van der Waals surface area contributed by atoms with E-state index < -0.39 is 42.8 Å². The molecule has 0 aliphatic rings. The van der Waals surface area contributed by atoms with Crippen LogP contribution in [0.5, 0.6) is 0 Å². The van der Waals surface area contributed by atoms with Crippen LogP contribution in [0.1, 0.15) is 5.69 Å². The molecule has 3 aromatic rings. The third kappa shape index (κ3) is 3.19. The average Bonchev–Trinajstić information content (AvgIpc) is 2.61. The Labute approximate surface area is 146 Å². The number of halogens is 6. The molecule has 1 heterocycles. The van der Waals surface area contributed by atoms with Gasteiger partial charge in [-0.15, -0.1) is 0 Å². The number of pyridine rings is 1. The number of hydrogen-bond donors (Lipinski definition) is 0. The van der Waals surface area contributed by atoms with E-state index in [0.717, 1.165) is 12.1 Å². The molecule has 0 fully saturated rings. The number of aromatic nitrogens is 1. The molecule has 2 aromatic carbocycles. The highest BCUT2D eigenvalue weighted by Gasteiger charge is 2.29. The maximum Gasteiger partial charge on any atom is 0.195 e. The molecular formula is C18H10F6NP. The fraction of sp³-hybridized carbons (Fsp3) is 0.0556. The molecule has 3 rings (SSSR count). The number of nitrogens with zero attached hydrogens (tertiary/aromatic N) is 1. The standard InChI is InChI=1S/C18H10F6NP/c1-9-3-2-4-14(25-9)26(12-7-5-10(19)15(21)17(12)23)13-8-6-11(20)16(22)18(13)24/h2-8H,1H3. The van der Waals surface area contributed by atoms with E-state index in [-0.39, 0.29) is 16.0 Å². The predicted molar refractivity (Wildman–Crippen MR) is 87.4 cm³/mol. The van der Waals surface area contributed by atoms with E-state index in [1.165, 1.54) is 6.07 Å². The van der Waals surface area contributed by atoms with Crippen molar-refractivity contribution in [3.05, 3.63) is 83.1 Å². The van der Waals surface area contributed by atoms with Crippen molar-refractivity contribution < 1.29 is 26.3 Å². The zero-order chi connectivity index (χ0) is 19.0. The molecule has 1 aromatic heterocycles. The van der Waals surface area contributed by atoms with Gasteiger partial charge in [-0.1, -0.05) is 6.07 Å². The van der Waals surface area contributed by atoms with Gasteiger partial charge in [-0.2, -0.15) is 0 Å². The molecule has 0 aliphatic heterocycles. The first kappa shape index (κ1) is 18.4. The van der Waals surface area contributed by atoms with Gasteiger partial charge in [0.25, 0.3) is 0 Å². The van der Waals surface area contributed by atoms with Crippen molar-refractivity contribution in [2.75, 3.05) is 0 Å². The lowest BCUT2D eigenvalue weighted by atomic mass is 10.3. The van der Waals surface area contributed by atoms with Crippen molar-refractivity contribution in [3.8, 4) is 0 Å². The minimum atomic E-state index is -2.24. The Bertz CT molecular complexity index is 934. The molecule has 0 amide bonds. The van der Waals surface area contributed by atoms with Crippen LogP contribution in [0, 0.1) is 41.8 Å². The summed E-state index contributed by atoms with van der Waals surface area (Å²) >= 11 is 0. The summed E-state index contributed by atoms with van der Waals surface area (Å²) in [6, 6.07) is 7.89. The van der Waals surface area contributed by atoms with Crippen molar-refractivity contribution >= 4 is 24.0 Å². The largest absolute Gasteiger partial charge is 0.253 e. The molecule has 0 unspecified atom stereocenters. The van der Waals surface area contributed by atoms with Crippen molar-refractivity contribution in [2.45, 2.75) is 6.92 Å². The molecule has 0 bridgehead atoms. The van der Waals surface area contributed by atoms with Gasteiger partial charge in [0.2, 0.25) is 0 Å². The summed E-state index contributed by atoms with van der Waals surface area (Å²) in [5, 5.41) is -0.774. The van der Waals surface area contributed by atoms with Crippen LogP contribution in [0.4, 0.5) is 26.3 Å². The van der Waals surface area contributed by atoms with E-state index in [0.29, 0.717) is 17.8 Å². The van der Waals surface area contributed by atoms with E-state index in [1.54, 1.807) is 19.1 Å². The highest BCUT2D eigenvalue weighted by atomic mass is 31.1. The molecule has 0 spiro atoms. The third-order valence-electron chi connectivity index (χ3n) is 3.61. The van der Waals surface area contributed by atoms with Gasteiger partial charge in [0.15, 0.2) is 34.9 Å². The number of rotatable bonds is 3. The second-order valence-electron chi connectivity index (χ2n) is 5.36. The molecule has 0 saturated carbocycles. The van der Waals surface area contributed by atoms with Gasteiger partial charge in [0.05, 0.1) is 5.44 Å². The summed E-state index contributed by atoms with van der Waals surface area (Å²) in [4.78, 5) is 4.18. The minimum Gasteiger partial charge on any atom is -0.253 e. The van der Waals surface area contributed by atoms with Crippen LogP contribution in [0.2, 0.25) is 0 Å². The van der Waals surface area contributed by atoms with Gasteiger partial charge >= 0.3 is 0 Å². The Balaban J connectivity index is 2.32. The highest BCUT2D eigenvalue weighted by molar-refractivity contribution is 7.79. The van der Waals surface area contributed by atoms with Gasteiger partial charge in [0, 0.05) is 24.2 Å². The van der Waals surface area contributed by atoms with Gasteiger partial charge in [-0.25, -0.2) is 26.3 Å². The second kappa shape index (κ2) is 7.08. The lowest BCUT2D eigenvalue weighted by Crippen LogP contribution is -2.28. The van der Waals surface area contributed by atoms with Crippen LogP contribution in [-0.2, 0) is 0 Å². The summed E-state index contributed by atoms with van der Waals surface area (Å²) in [5.41, 5.74) is 0.635. The van der Waals surface area contributed by atoms with Gasteiger partial charge in [-0.3, -0.25) is 4.98 Å². The van der Waals surface area contributed by atoms with E-state index in [9.17, 15) is 26.3 Å². The van der Waals surface area contributed by atoms with E-state index in [4.69, 9.17) is 0 Å². The van der Waals surface area contributed by atoms with Crippen LogP contribution in [-0.4, -0.2) is 4.98 Å². The number of hydrogen-bond acceptors (Lipinski definition) is 1. The molecule has 1 nitrogen and oxygen atoms in total. The fourth-order valence-corrected chi connectivity index (χ4v) is 4.69. The first-order valence-corrected chi connectivity index (χ1v) is 8.66. The molecule has 26 heavy (non-hydrogen) atoms. The van der Waals surface area contributed by atoms with Crippen LogP contribution in [0.25, 0.3) is 0 Å². The fourth-order valence-electron chi connectivity index (χ4n) is 2.41. The van der Waals surface area contributed by atoms with Crippen LogP contribution >= 0.6 is 7.92 Å². The third-order valence-corrected chi connectivity index (χ3v) is 5.98. The number of benzene rings is 2. The Kier molecular flexibility index (Phi) is 5.01. The van der Waals surface area contributed by atoms with Gasteiger partial charge < -0.3 is 0 Å². The summed E-state index contributed by atoms with van der Waals surface area (Å²) in [6.45, 7) is 1.63. The van der Waals surface area contributed by atoms with Gasteiger partial charge in [-0.05, 0) is 43.3 Å². The zero-order valence-electron chi connectivity index (χ0n) is 13.2. The summed E-state index contributed by atoms with van der Waals surface area (Å²) in [6.07, 6.45) is 0. The summed E-state index contributed by atoms with van der Waals surface area (Å²) in [5.74, 6) is -9.34. The molecule has 0 atom stereocenters. The average molecular weight is 385 g/mol. The van der Waals surface area contributed by atoms with Crippen LogP contribution in [0.3, 0.4) is 0 Å². The molecular weight excluding hydrogens is 375 g/mol.